The third-order valence-corrected chi connectivity index (χ3v) is 4.01. The number of nitrogens with zero attached hydrogens (tertiary/aromatic N) is 1. The highest BCUT2D eigenvalue weighted by Gasteiger charge is 2.13. The van der Waals surface area contributed by atoms with Gasteiger partial charge in [0.05, 0.1) is 6.61 Å². The highest BCUT2D eigenvalue weighted by Crippen LogP contribution is 2.19. The number of hydrogen-bond donors (Lipinski definition) is 1. The van der Waals surface area contributed by atoms with Gasteiger partial charge in [0.25, 0.3) is 0 Å². The molecule has 1 rings (SSSR count). The van der Waals surface area contributed by atoms with Crippen molar-refractivity contribution < 1.29 is 14.1 Å². The lowest BCUT2D eigenvalue weighted by Gasteiger charge is -2.17. The summed E-state index contributed by atoms with van der Waals surface area (Å²) < 4.78 is 11.4. The Kier molecular flexibility index (Phi) is 6.79. The Hall–Kier alpha value is -0.620. The van der Waals surface area contributed by atoms with Crippen molar-refractivity contribution in [1.82, 2.24) is 4.90 Å². The number of aliphatic hydroxyl groups excluding tert-OH is 1. The van der Waals surface area contributed by atoms with Gasteiger partial charge in [0.15, 0.2) is 0 Å². The van der Waals surface area contributed by atoms with Crippen LogP contribution in [-0.4, -0.2) is 45.3 Å². The molecule has 0 spiro atoms. The number of aliphatic hydroxyl groups is 1. The minimum absolute atomic E-state index is 0.0919. The number of amides is 1. The predicted octanol–water partition coefficient (Wildman–Crippen LogP) is 1.69. The van der Waals surface area contributed by atoms with Gasteiger partial charge in [-0.1, -0.05) is 23.2 Å². The summed E-state index contributed by atoms with van der Waals surface area (Å²) in [7, 11) is 0.288. The summed E-state index contributed by atoms with van der Waals surface area (Å²) in [5.74, 6) is -0.226. The van der Waals surface area contributed by atoms with Crippen LogP contribution in [0.1, 0.15) is 5.56 Å². The lowest BCUT2D eigenvalue weighted by Crippen LogP contribution is -2.31. The fourth-order valence-corrected chi connectivity index (χ4v) is 2.90. The molecule has 0 saturated carbocycles. The van der Waals surface area contributed by atoms with Crippen molar-refractivity contribution in [1.29, 1.82) is 0 Å². The van der Waals surface area contributed by atoms with Gasteiger partial charge in [-0.15, -0.1) is 0 Å². The Bertz CT molecular complexity index is 462. The first kappa shape index (κ1) is 16.4. The van der Waals surface area contributed by atoms with Crippen molar-refractivity contribution in [3.05, 3.63) is 33.8 Å². The van der Waals surface area contributed by atoms with Crippen LogP contribution in [0, 0.1) is 0 Å². The number of benzene rings is 1. The van der Waals surface area contributed by atoms with Crippen molar-refractivity contribution in [2.24, 2.45) is 0 Å². The number of carbonyl (C=O) groups is 1. The molecule has 1 N–H and O–H groups in total. The minimum Gasteiger partial charge on any atom is -0.395 e. The molecule has 0 aliphatic heterocycles. The summed E-state index contributed by atoms with van der Waals surface area (Å²) in [6, 6.07) is 5.06. The van der Waals surface area contributed by atoms with Crippen LogP contribution in [0.25, 0.3) is 0 Å². The molecule has 0 bridgehead atoms. The molecule has 7 heteroatoms. The average molecular weight is 324 g/mol. The molecule has 0 fully saturated rings. The first-order valence-corrected chi connectivity index (χ1v) is 7.81. The molecule has 106 valence electrons. The number of rotatable bonds is 6. The second-order valence-corrected chi connectivity index (χ2v) is 6.49. The minimum atomic E-state index is -1.33. The molecule has 1 aromatic carbocycles. The molecule has 4 nitrogen and oxygen atoms in total. The smallest absolute Gasteiger partial charge is 0.235 e. The maximum absolute atomic E-state index is 11.8. The quantitative estimate of drug-likeness (QED) is 0.866. The molecule has 0 aromatic heterocycles. The Morgan fingerprint density at radius 2 is 1.89 bits per heavy atom. The van der Waals surface area contributed by atoms with E-state index < -0.39 is 10.8 Å². The molecule has 1 unspecified atom stereocenters. The summed E-state index contributed by atoms with van der Waals surface area (Å²) in [5.41, 5.74) is 0.807. The van der Waals surface area contributed by atoms with Gasteiger partial charge in [0, 0.05) is 40.2 Å². The molecule has 0 saturated heterocycles. The molecular formula is C12H15Cl2NO3S. The second kappa shape index (κ2) is 7.85. The van der Waals surface area contributed by atoms with Crippen LogP contribution < -0.4 is 0 Å². The summed E-state index contributed by atoms with van der Waals surface area (Å²) in [4.78, 5) is 13.2. The first-order valence-electron chi connectivity index (χ1n) is 5.57. The number of hydrogen-bond acceptors (Lipinski definition) is 3. The number of carbonyl (C=O) groups excluding carboxylic acids is 1. The van der Waals surface area contributed by atoms with Crippen LogP contribution in [0.3, 0.4) is 0 Å². The third kappa shape index (κ3) is 5.91. The van der Waals surface area contributed by atoms with E-state index >= 15 is 0 Å². The largest absolute Gasteiger partial charge is 0.395 e. The third-order valence-electron chi connectivity index (χ3n) is 2.37. The van der Waals surface area contributed by atoms with E-state index in [1.54, 1.807) is 25.2 Å². The van der Waals surface area contributed by atoms with Crippen LogP contribution in [-0.2, 0) is 22.1 Å². The number of halogens is 2. The zero-order valence-electron chi connectivity index (χ0n) is 10.4. The van der Waals surface area contributed by atoms with E-state index in [1.165, 1.54) is 4.90 Å². The fraction of sp³-hybridized carbons (Fsp3) is 0.417. The van der Waals surface area contributed by atoms with Gasteiger partial charge in [-0.2, -0.15) is 0 Å². The van der Waals surface area contributed by atoms with Crippen LogP contribution in [0.4, 0.5) is 0 Å². The van der Waals surface area contributed by atoms with Gasteiger partial charge in [0.2, 0.25) is 5.91 Å². The Labute approximate surface area is 124 Å². The Morgan fingerprint density at radius 1 is 1.32 bits per heavy atom. The maximum atomic E-state index is 11.8. The van der Waals surface area contributed by atoms with E-state index in [9.17, 15) is 9.00 Å². The highest BCUT2D eigenvalue weighted by atomic mass is 35.5. The van der Waals surface area contributed by atoms with E-state index in [-0.39, 0.29) is 24.0 Å². The molecule has 0 aliphatic carbocycles. The average Bonchev–Trinajstić information content (AvgIpc) is 2.27. The lowest BCUT2D eigenvalue weighted by atomic mass is 10.2. The standard InChI is InChI=1S/C12H15Cl2NO3S/c1-15(12(17)8-19(18)3-2-16)7-9-4-10(13)6-11(14)5-9/h4-6,16H,2-3,7-8H2,1H3. The van der Waals surface area contributed by atoms with E-state index in [2.05, 4.69) is 0 Å². The monoisotopic (exact) mass is 323 g/mol. The van der Waals surface area contributed by atoms with Crippen molar-refractivity contribution in [2.45, 2.75) is 6.54 Å². The summed E-state index contributed by atoms with van der Waals surface area (Å²) in [6.07, 6.45) is 0. The predicted molar refractivity (Wildman–Crippen MR) is 77.9 cm³/mol. The van der Waals surface area contributed by atoms with Crippen LogP contribution in [0.5, 0.6) is 0 Å². The van der Waals surface area contributed by atoms with Gasteiger partial charge in [-0.3, -0.25) is 9.00 Å². The van der Waals surface area contributed by atoms with Crippen molar-refractivity contribution in [3.8, 4) is 0 Å². The highest BCUT2D eigenvalue weighted by molar-refractivity contribution is 7.85. The van der Waals surface area contributed by atoms with E-state index in [0.29, 0.717) is 16.6 Å². The SMILES string of the molecule is CN(Cc1cc(Cl)cc(Cl)c1)C(=O)CS(=O)CCO. The summed E-state index contributed by atoms with van der Waals surface area (Å²) in [6.45, 7) is 0.156. The van der Waals surface area contributed by atoms with E-state index in [1.807, 2.05) is 0 Å². The summed E-state index contributed by atoms with van der Waals surface area (Å²) >= 11 is 11.7. The fourth-order valence-electron chi connectivity index (χ4n) is 1.49. The van der Waals surface area contributed by atoms with Crippen LogP contribution in [0.15, 0.2) is 18.2 Å². The Balaban J connectivity index is 2.60. The van der Waals surface area contributed by atoms with Gasteiger partial charge in [0.1, 0.15) is 5.75 Å². The van der Waals surface area contributed by atoms with Crippen molar-refractivity contribution in [2.75, 3.05) is 25.2 Å². The molecular weight excluding hydrogens is 309 g/mol. The molecule has 1 atom stereocenters. The zero-order chi connectivity index (χ0) is 14.4. The molecule has 0 heterocycles. The normalized spacial score (nSPS) is 12.2. The first-order chi connectivity index (χ1) is 8.92. The van der Waals surface area contributed by atoms with Crippen molar-refractivity contribution >= 4 is 39.9 Å². The maximum Gasteiger partial charge on any atom is 0.235 e. The molecule has 19 heavy (non-hydrogen) atoms. The topological polar surface area (TPSA) is 57.6 Å². The van der Waals surface area contributed by atoms with Gasteiger partial charge in [-0.05, 0) is 23.8 Å². The lowest BCUT2D eigenvalue weighted by molar-refractivity contribution is -0.127. The van der Waals surface area contributed by atoms with Gasteiger partial charge < -0.3 is 10.0 Å². The molecule has 1 amide bonds. The van der Waals surface area contributed by atoms with E-state index in [0.717, 1.165) is 5.56 Å². The molecule has 1 aromatic rings. The zero-order valence-corrected chi connectivity index (χ0v) is 12.8. The summed E-state index contributed by atoms with van der Waals surface area (Å²) in [5, 5.41) is 9.65. The van der Waals surface area contributed by atoms with Crippen LogP contribution in [0.2, 0.25) is 10.0 Å². The second-order valence-electron chi connectivity index (χ2n) is 4.04. The van der Waals surface area contributed by atoms with Crippen LogP contribution >= 0.6 is 23.2 Å². The molecule has 0 radical (unpaired) electrons. The van der Waals surface area contributed by atoms with Crippen molar-refractivity contribution in [3.63, 3.8) is 0 Å². The Morgan fingerprint density at radius 3 is 2.42 bits per heavy atom. The van der Waals surface area contributed by atoms with Gasteiger partial charge >= 0.3 is 0 Å². The molecule has 0 aliphatic rings. The van der Waals surface area contributed by atoms with E-state index in [4.69, 9.17) is 28.3 Å². The van der Waals surface area contributed by atoms with Gasteiger partial charge in [-0.25, -0.2) is 0 Å².